The van der Waals surface area contributed by atoms with Crippen molar-refractivity contribution >= 4 is 11.9 Å². The molecule has 5 N–H and O–H groups in total. The summed E-state index contributed by atoms with van der Waals surface area (Å²) in [5, 5.41) is 2.59. The van der Waals surface area contributed by atoms with Gasteiger partial charge < -0.3 is 26.4 Å². The maximum absolute atomic E-state index is 12.5. The Hall–Kier alpha value is -1.34. The molecule has 0 saturated carbocycles. The predicted octanol–water partition coefficient (Wildman–Crippen LogP) is -0.458. The van der Waals surface area contributed by atoms with Gasteiger partial charge in [0.1, 0.15) is 6.10 Å². The number of nitrogens with one attached hydrogen (secondary N) is 1. The van der Waals surface area contributed by atoms with Crippen LogP contribution in [0.2, 0.25) is 0 Å². The molecule has 0 bridgehead atoms. The highest BCUT2D eigenvalue weighted by Gasteiger charge is 2.36. The van der Waals surface area contributed by atoms with Gasteiger partial charge in [0.25, 0.3) is 5.91 Å². The van der Waals surface area contributed by atoms with Crippen molar-refractivity contribution in [3.63, 3.8) is 0 Å². The highest BCUT2D eigenvalue weighted by atomic mass is 16.5. The van der Waals surface area contributed by atoms with Crippen LogP contribution in [0.4, 0.5) is 4.79 Å². The van der Waals surface area contributed by atoms with Gasteiger partial charge in [-0.2, -0.15) is 0 Å². The van der Waals surface area contributed by atoms with E-state index in [9.17, 15) is 9.59 Å². The molecule has 3 atom stereocenters. The zero-order chi connectivity index (χ0) is 14.5. The van der Waals surface area contributed by atoms with Crippen LogP contribution in [0.3, 0.4) is 0 Å². The Bertz CT molecular complexity index is 364. The van der Waals surface area contributed by atoms with Crippen LogP contribution in [0.5, 0.6) is 0 Å². The number of hydrogen-bond acceptors (Lipinski definition) is 4. The van der Waals surface area contributed by atoms with Gasteiger partial charge in [-0.15, -0.1) is 0 Å². The van der Waals surface area contributed by atoms with Crippen molar-refractivity contribution in [2.75, 3.05) is 19.6 Å². The Labute approximate surface area is 119 Å². The number of amides is 3. The van der Waals surface area contributed by atoms with Gasteiger partial charge in [-0.05, 0) is 32.1 Å². The molecule has 1 unspecified atom stereocenters. The molecule has 3 amide bonds. The van der Waals surface area contributed by atoms with E-state index in [-0.39, 0.29) is 24.2 Å². The van der Waals surface area contributed by atoms with Gasteiger partial charge in [-0.3, -0.25) is 4.79 Å². The average molecular weight is 284 g/mol. The summed E-state index contributed by atoms with van der Waals surface area (Å²) in [4.78, 5) is 25.2. The van der Waals surface area contributed by atoms with Crippen molar-refractivity contribution in [3.8, 4) is 0 Å². The molecule has 2 fully saturated rings. The molecule has 0 aliphatic carbocycles. The van der Waals surface area contributed by atoms with Crippen LogP contribution in [-0.2, 0) is 9.53 Å². The summed E-state index contributed by atoms with van der Waals surface area (Å²) in [5.41, 5.74) is 10.7. The number of carbonyl (C=O) groups is 2. The molecule has 0 aromatic heterocycles. The Morgan fingerprint density at radius 1 is 1.25 bits per heavy atom. The number of likely N-dealkylation sites (tertiary alicyclic amines) is 1. The van der Waals surface area contributed by atoms with Crippen LogP contribution >= 0.6 is 0 Å². The highest BCUT2D eigenvalue weighted by Crippen LogP contribution is 2.24. The number of primary amides is 1. The number of ether oxygens (including phenoxy) is 1. The Morgan fingerprint density at radius 3 is 2.70 bits per heavy atom. The van der Waals surface area contributed by atoms with Gasteiger partial charge in [0, 0.05) is 25.7 Å². The number of nitrogens with two attached hydrogens (primary N) is 2. The fraction of sp³-hybridized carbons (Fsp3) is 0.846. The molecule has 0 radical (unpaired) electrons. The third kappa shape index (κ3) is 3.61. The fourth-order valence-electron chi connectivity index (χ4n) is 2.97. The molecule has 2 rings (SSSR count). The number of carbonyl (C=O) groups excluding carboxylic acids is 2. The number of urea groups is 1. The van der Waals surface area contributed by atoms with Crippen LogP contribution in [0.1, 0.15) is 32.1 Å². The smallest absolute Gasteiger partial charge is 0.312 e. The lowest BCUT2D eigenvalue weighted by Gasteiger charge is -2.37. The average Bonchev–Trinajstić information content (AvgIpc) is 2.93. The van der Waals surface area contributed by atoms with E-state index in [1.807, 2.05) is 4.90 Å². The second kappa shape index (κ2) is 6.90. The van der Waals surface area contributed by atoms with E-state index in [0.29, 0.717) is 13.1 Å². The first kappa shape index (κ1) is 15.1. The largest absolute Gasteiger partial charge is 0.364 e. The van der Waals surface area contributed by atoms with Crippen LogP contribution in [-0.4, -0.2) is 54.7 Å². The van der Waals surface area contributed by atoms with Crippen molar-refractivity contribution in [2.45, 2.75) is 50.4 Å². The molecular formula is C13H24N4O3. The fourth-order valence-corrected chi connectivity index (χ4v) is 2.97. The molecule has 7 nitrogen and oxygen atoms in total. The van der Waals surface area contributed by atoms with Crippen LogP contribution in [0, 0.1) is 0 Å². The van der Waals surface area contributed by atoms with E-state index >= 15 is 0 Å². The molecule has 0 aromatic rings. The lowest BCUT2D eigenvalue weighted by Crippen LogP contribution is -2.53. The predicted molar refractivity (Wildman–Crippen MR) is 73.9 cm³/mol. The number of piperidine rings is 1. The second-order valence-corrected chi connectivity index (χ2v) is 5.49. The molecule has 0 aromatic carbocycles. The number of nitrogens with zero attached hydrogens (tertiary/aromatic N) is 1. The van der Waals surface area contributed by atoms with Crippen molar-refractivity contribution in [1.82, 2.24) is 10.2 Å². The monoisotopic (exact) mass is 284 g/mol. The van der Waals surface area contributed by atoms with Gasteiger partial charge in [-0.1, -0.05) is 0 Å². The summed E-state index contributed by atoms with van der Waals surface area (Å²) in [6.45, 7) is 1.58. The molecule has 2 heterocycles. The van der Waals surface area contributed by atoms with Gasteiger partial charge >= 0.3 is 6.03 Å². The van der Waals surface area contributed by atoms with E-state index in [4.69, 9.17) is 16.2 Å². The van der Waals surface area contributed by atoms with Crippen molar-refractivity contribution in [2.24, 2.45) is 11.5 Å². The number of rotatable bonds is 4. The lowest BCUT2D eigenvalue weighted by atomic mass is 10.0. The highest BCUT2D eigenvalue weighted by molar-refractivity contribution is 5.81. The minimum absolute atomic E-state index is 0.00376. The molecule has 2 aliphatic heterocycles. The number of hydrogen-bond donors (Lipinski definition) is 3. The molecular weight excluding hydrogens is 260 g/mol. The third-order valence-electron chi connectivity index (χ3n) is 4.07. The van der Waals surface area contributed by atoms with E-state index in [1.165, 1.54) is 0 Å². The van der Waals surface area contributed by atoms with E-state index in [0.717, 1.165) is 38.6 Å². The van der Waals surface area contributed by atoms with Gasteiger partial charge in [-0.25, -0.2) is 4.79 Å². The summed E-state index contributed by atoms with van der Waals surface area (Å²) in [6, 6.07) is -0.535. The first-order chi connectivity index (χ1) is 9.61. The first-order valence-corrected chi connectivity index (χ1v) is 7.31. The molecule has 20 heavy (non-hydrogen) atoms. The van der Waals surface area contributed by atoms with E-state index in [2.05, 4.69) is 5.32 Å². The first-order valence-electron chi connectivity index (χ1n) is 7.31. The Kier molecular flexibility index (Phi) is 5.19. The van der Waals surface area contributed by atoms with E-state index < -0.39 is 6.03 Å². The second-order valence-electron chi connectivity index (χ2n) is 5.49. The molecule has 7 heteroatoms. The SMILES string of the molecule is NC[C@H]1CC[C@@H](C(=O)N2CCCCC2CNC(N)=O)O1. The quantitative estimate of drug-likeness (QED) is 0.648. The van der Waals surface area contributed by atoms with Crippen LogP contribution in [0.15, 0.2) is 0 Å². The van der Waals surface area contributed by atoms with Crippen LogP contribution < -0.4 is 16.8 Å². The summed E-state index contributed by atoms with van der Waals surface area (Å²) in [6.07, 6.45) is 4.13. The topological polar surface area (TPSA) is 111 Å². The van der Waals surface area contributed by atoms with Gasteiger partial charge in [0.15, 0.2) is 0 Å². The van der Waals surface area contributed by atoms with Gasteiger partial charge in [0.2, 0.25) is 0 Å². The summed E-state index contributed by atoms with van der Waals surface area (Å²) in [7, 11) is 0. The molecule has 0 spiro atoms. The zero-order valence-electron chi connectivity index (χ0n) is 11.7. The Balaban J connectivity index is 1.93. The maximum Gasteiger partial charge on any atom is 0.312 e. The third-order valence-corrected chi connectivity index (χ3v) is 4.07. The minimum atomic E-state index is -0.553. The van der Waals surface area contributed by atoms with Crippen LogP contribution in [0.25, 0.3) is 0 Å². The summed E-state index contributed by atoms with van der Waals surface area (Å²) >= 11 is 0. The normalized spacial score (nSPS) is 30.2. The summed E-state index contributed by atoms with van der Waals surface area (Å²) in [5.74, 6) is 0.0249. The zero-order valence-corrected chi connectivity index (χ0v) is 11.7. The van der Waals surface area contributed by atoms with Crippen molar-refractivity contribution in [3.05, 3.63) is 0 Å². The Morgan fingerprint density at radius 2 is 2.05 bits per heavy atom. The molecule has 2 saturated heterocycles. The standard InChI is InChI=1S/C13H24N4O3/c14-7-10-4-5-11(20-10)12(18)17-6-2-1-3-9(17)8-16-13(15)19/h9-11H,1-8,14H2,(H3,15,16,19)/t9?,10-,11+/m1/s1. The molecule has 114 valence electrons. The van der Waals surface area contributed by atoms with E-state index in [1.54, 1.807) is 0 Å². The van der Waals surface area contributed by atoms with Crippen molar-refractivity contribution < 1.29 is 14.3 Å². The minimum Gasteiger partial charge on any atom is -0.364 e. The summed E-state index contributed by atoms with van der Waals surface area (Å²) < 4.78 is 5.67. The maximum atomic E-state index is 12.5. The van der Waals surface area contributed by atoms with Gasteiger partial charge in [0.05, 0.1) is 6.10 Å². The molecule has 2 aliphatic rings. The van der Waals surface area contributed by atoms with Crippen molar-refractivity contribution in [1.29, 1.82) is 0 Å². The lowest BCUT2D eigenvalue weighted by molar-refractivity contribution is -0.146.